The number of aryl methyl sites for hydroxylation is 3. The van der Waals surface area contributed by atoms with E-state index >= 15 is 0 Å². The third-order valence-electron chi connectivity index (χ3n) is 5.14. The number of hydrazone groups is 1. The van der Waals surface area contributed by atoms with E-state index in [4.69, 9.17) is 9.47 Å². The van der Waals surface area contributed by atoms with Crippen molar-refractivity contribution in [3.63, 3.8) is 0 Å². The van der Waals surface area contributed by atoms with Gasteiger partial charge in [0.15, 0.2) is 6.61 Å². The minimum atomic E-state index is -0.941. The third-order valence-corrected chi connectivity index (χ3v) is 5.14. The monoisotopic (exact) mass is 488 g/mol. The molecule has 0 spiro atoms. The molecule has 0 aliphatic carbocycles. The highest BCUT2D eigenvalue weighted by Gasteiger charge is 2.13. The number of methoxy groups -OCH3 is 1. The minimum Gasteiger partial charge on any atom is -0.497 e. The van der Waals surface area contributed by atoms with Crippen LogP contribution in [0.15, 0.2) is 65.8 Å². The summed E-state index contributed by atoms with van der Waals surface area (Å²) in [5.41, 5.74) is 6.96. The second-order valence-corrected chi connectivity index (χ2v) is 8.03. The molecule has 0 aliphatic heterocycles. The predicted octanol–water partition coefficient (Wildman–Crippen LogP) is 3.73. The Balaban J connectivity index is 1.55. The topological polar surface area (TPSA) is 118 Å². The molecule has 0 saturated heterocycles. The predicted molar refractivity (Wildman–Crippen MR) is 139 cm³/mol. The average Bonchev–Trinajstić information content (AvgIpc) is 2.86. The fourth-order valence-electron chi connectivity index (χ4n) is 3.49. The summed E-state index contributed by atoms with van der Waals surface area (Å²) in [7, 11) is 1.53. The fraction of sp³-hybridized carbons (Fsp3) is 0.185. The van der Waals surface area contributed by atoms with Crippen LogP contribution in [0, 0.1) is 20.8 Å². The zero-order valence-electron chi connectivity index (χ0n) is 20.5. The first-order valence-electron chi connectivity index (χ1n) is 11.1. The molecular formula is C27H28N4O5. The maximum absolute atomic E-state index is 12.5. The Kier molecular flexibility index (Phi) is 8.77. The van der Waals surface area contributed by atoms with E-state index in [9.17, 15) is 14.4 Å². The number of rotatable bonds is 8. The van der Waals surface area contributed by atoms with E-state index in [1.807, 2.05) is 32.9 Å². The number of hydrogen-bond acceptors (Lipinski definition) is 6. The normalized spacial score (nSPS) is 10.6. The van der Waals surface area contributed by atoms with Gasteiger partial charge in [0.05, 0.1) is 13.3 Å². The number of ether oxygens (including phenoxy) is 2. The molecule has 36 heavy (non-hydrogen) atoms. The van der Waals surface area contributed by atoms with Gasteiger partial charge in [0.1, 0.15) is 11.5 Å². The van der Waals surface area contributed by atoms with E-state index in [2.05, 4.69) is 21.2 Å². The summed E-state index contributed by atoms with van der Waals surface area (Å²) in [5, 5.41) is 9.19. The smallest absolute Gasteiger partial charge is 0.329 e. The van der Waals surface area contributed by atoms with Crippen LogP contribution < -0.4 is 25.5 Å². The van der Waals surface area contributed by atoms with Gasteiger partial charge in [0.2, 0.25) is 0 Å². The van der Waals surface area contributed by atoms with Crippen molar-refractivity contribution in [1.82, 2.24) is 5.43 Å². The van der Waals surface area contributed by atoms with Crippen LogP contribution in [0.25, 0.3) is 0 Å². The molecule has 0 aromatic heterocycles. The molecule has 0 radical (unpaired) electrons. The second-order valence-electron chi connectivity index (χ2n) is 8.03. The largest absolute Gasteiger partial charge is 0.497 e. The Morgan fingerprint density at radius 2 is 1.56 bits per heavy atom. The van der Waals surface area contributed by atoms with Crippen molar-refractivity contribution in [3.05, 3.63) is 82.9 Å². The van der Waals surface area contributed by atoms with Crippen molar-refractivity contribution >= 4 is 35.3 Å². The highest BCUT2D eigenvalue weighted by molar-refractivity contribution is 6.39. The summed E-state index contributed by atoms with van der Waals surface area (Å²) >= 11 is 0. The highest BCUT2D eigenvalue weighted by Crippen LogP contribution is 2.22. The lowest BCUT2D eigenvalue weighted by Crippen LogP contribution is -2.32. The Labute approximate surface area is 209 Å². The lowest BCUT2D eigenvalue weighted by molar-refractivity contribution is -0.136. The molecule has 3 amide bonds. The molecule has 0 bridgehead atoms. The van der Waals surface area contributed by atoms with Crippen molar-refractivity contribution in [2.24, 2.45) is 5.10 Å². The second kappa shape index (κ2) is 12.2. The third kappa shape index (κ3) is 7.17. The highest BCUT2D eigenvalue weighted by atomic mass is 16.5. The molecule has 186 valence electrons. The summed E-state index contributed by atoms with van der Waals surface area (Å²) in [6.07, 6.45) is 1.33. The number of anilines is 2. The molecule has 9 nitrogen and oxygen atoms in total. The number of carbonyl (C=O) groups is 3. The summed E-state index contributed by atoms with van der Waals surface area (Å²) in [5.74, 6) is -1.10. The summed E-state index contributed by atoms with van der Waals surface area (Å²) < 4.78 is 10.7. The van der Waals surface area contributed by atoms with Gasteiger partial charge in [0, 0.05) is 16.9 Å². The zero-order valence-corrected chi connectivity index (χ0v) is 20.5. The zero-order chi connectivity index (χ0) is 26.1. The maximum atomic E-state index is 12.5. The number of amides is 3. The van der Waals surface area contributed by atoms with Crippen LogP contribution >= 0.6 is 0 Å². The summed E-state index contributed by atoms with van der Waals surface area (Å²) in [4.78, 5) is 36.6. The lowest BCUT2D eigenvalue weighted by atomic mass is 10.1. The van der Waals surface area contributed by atoms with Gasteiger partial charge in [-0.05, 0) is 68.3 Å². The first-order valence-corrected chi connectivity index (χ1v) is 11.1. The van der Waals surface area contributed by atoms with Crippen LogP contribution in [-0.2, 0) is 14.4 Å². The van der Waals surface area contributed by atoms with Gasteiger partial charge in [-0.2, -0.15) is 5.10 Å². The molecule has 9 heteroatoms. The van der Waals surface area contributed by atoms with E-state index < -0.39 is 11.8 Å². The first kappa shape index (κ1) is 26.0. The fourth-order valence-corrected chi connectivity index (χ4v) is 3.49. The standard InChI is InChI=1S/C27H28N4O5/c1-17-13-18(2)25(19(3)14-17)30-24(32)16-36-23-8-6-5-7-20(23)15-28-31-27(34)26(33)29-21-9-11-22(35-4)12-10-21/h5-15H,16H2,1-4H3,(H,29,33)(H,30,32)(H,31,34)/b28-15-. The molecule has 0 aliphatic rings. The van der Waals surface area contributed by atoms with Gasteiger partial charge < -0.3 is 20.1 Å². The van der Waals surface area contributed by atoms with Crippen molar-refractivity contribution in [2.75, 3.05) is 24.4 Å². The van der Waals surface area contributed by atoms with Crippen LogP contribution in [0.5, 0.6) is 11.5 Å². The van der Waals surface area contributed by atoms with Gasteiger partial charge in [0.25, 0.3) is 5.91 Å². The quantitative estimate of drug-likeness (QED) is 0.254. The Morgan fingerprint density at radius 3 is 2.22 bits per heavy atom. The molecule has 3 aromatic rings. The van der Waals surface area contributed by atoms with Crippen molar-refractivity contribution in [1.29, 1.82) is 0 Å². The number of nitrogens with zero attached hydrogens (tertiary/aromatic N) is 1. The molecule has 0 atom stereocenters. The van der Waals surface area contributed by atoms with E-state index in [1.165, 1.54) is 13.3 Å². The Bertz CT molecular complexity index is 1260. The van der Waals surface area contributed by atoms with Gasteiger partial charge >= 0.3 is 11.8 Å². The lowest BCUT2D eigenvalue weighted by Gasteiger charge is -2.14. The van der Waals surface area contributed by atoms with Crippen LogP contribution in [0.4, 0.5) is 11.4 Å². The summed E-state index contributed by atoms with van der Waals surface area (Å²) in [6.45, 7) is 5.67. The van der Waals surface area contributed by atoms with Crippen LogP contribution in [-0.4, -0.2) is 37.7 Å². The molecule has 0 saturated carbocycles. The van der Waals surface area contributed by atoms with Crippen LogP contribution in [0.2, 0.25) is 0 Å². The SMILES string of the molecule is COc1ccc(NC(=O)C(=O)N/N=C\c2ccccc2OCC(=O)Nc2c(C)cc(C)cc2C)cc1. The van der Waals surface area contributed by atoms with E-state index in [1.54, 1.807) is 48.5 Å². The molecule has 3 aromatic carbocycles. The number of nitrogens with one attached hydrogen (secondary N) is 3. The van der Waals surface area contributed by atoms with Crippen LogP contribution in [0.3, 0.4) is 0 Å². The van der Waals surface area contributed by atoms with E-state index in [0.29, 0.717) is 22.7 Å². The van der Waals surface area contributed by atoms with Crippen LogP contribution in [0.1, 0.15) is 22.3 Å². The van der Waals surface area contributed by atoms with Gasteiger partial charge in [-0.15, -0.1) is 0 Å². The van der Waals surface area contributed by atoms with E-state index in [0.717, 1.165) is 22.4 Å². The first-order chi connectivity index (χ1) is 17.3. The average molecular weight is 489 g/mol. The Morgan fingerprint density at radius 1 is 0.889 bits per heavy atom. The van der Waals surface area contributed by atoms with Crippen molar-refractivity contribution < 1.29 is 23.9 Å². The number of hydrogen-bond donors (Lipinski definition) is 3. The van der Waals surface area contributed by atoms with Gasteiger partial charge in [-0.1, -0.05) is 29.8 Å². The maximum Gasteiger partial charge on any atom is 0.329 e. The summed E-state index contributed by atoms with van der Waals surface area (Å²) in [6, 6.07) is 17.4. The number of carbonyl (C=O) groups excluding carboxylic acids is 3. The van der Waals surface area contributed by atoms with Gasteiger partial charge in [-0.25, -0.2) is 5.43 Å². The van der Waals surface area contributed by atoms with E-state index in [-0.39, 0.29) is 12.5 Å². The number of benzene rings is 3. The molecule has 0 fully saturated rings. The molecule has 0 unspecified atom stereocenters. The number of para-hydroxylation sites is 1. The Hall–Kier alpha value is -4.66. The molecular weight excluding hydrogens is 460 g/mol. The van der Waals surface area contributed by atoms with Crippen molar-refractivity contribution in [3.8, 4) is 11.5 Å². The molecule has 0 heterocycles. The minimum absolute atomic E-state index is 0.214. The van der Waals surface area contributed by atoms with Gasteiger partial charge in [-0.3, -0.25) is 14.4 Å². The van der Waals surface area contributed by atoms with Crippen molar-refractivity contribution in [2.45, 2.75) is 20.8 Å². The molecule has 3 rings (SSSR count). The molecule has 3 N–H and O–H groups in total.